The first-order chi connectivity index (χ1) is 5.34. The Bertz CT molecular complexity index is 132. The fourth-order valence-corrected chi connectivity index (χ4v) is 1.31. The number of methoxy groups -OCH3 is 1. The summed E-state index contributed by atoms with van der Waals surface area (Å²) in [6.45, 7) is 7.39. The predicted octanol–water partition coefficient (Wildman–Crippen LogP) is 0.994. The molecule has 74 valence electrons. The van der Waals surface area contributed by atoms with Gasteiger partial charge in [0, 0.05) is 12.5 Å². The SMILES string of the molecule is COC(O)C(C)(C)C(O)C(C)C. The molecule has 0 aliphatic rings. The third kappa shape index (κ3) is 2.44. The van der Waals surface area contributed by atoms with E-state index < -0.39 is 17.8 Å². The molecule has 0 rings (SSSR count). The monoisotopic (exact) mass is 176 g/mol. The Balaban J connectivity index is 4.37. The van der Waals surface area contributed by atoms with E-state index in [-0.39, 0.29) is 5.92 Å². The van der Waals surface area contributed by atoms with Gasteiger partial charge in [-0.15, -0.1) is 0 Å². The van der Waals surface area contributed by atoms with Gasteiger partial charge in [-0.3, -0.25) is 0 Å². The van der Waals surface area contributed by atoms with Gasteiger partial charge >= 0.3 is 0 Å². The van der Waals surface area contributed by atoms with E-state index in [1.54, 1.807) is 13.8 Å². The molecule has 2 atom stereocenters. The van der Waals surface area contributed by atoms with Crippen molar-refractivity contribution in [3.05, 3.63) is 0 Å². The van der Waals surface area contributed by atoms with Crippen LogP contribution in [0.3, 0.4) is 0 Å². The normalized spacial score (nSPS) is 18.0. The lowest BCUT2D eigenvalue weighted by atomic mass is 9.80. The lowest BCUT2D eigenvalue weighted by Crippen LogP contribution is -2.44. The highest BCUT2D eigenvalue weighted by atomic mass is 16.6. The summed E-state index contributed by atoms with van der Waals surface area (Å²) >= 11 is 0. The summed E-state index contributed by atoms with van der Waals surface area (Å²) in [7, 11) is 1.43. The maximum atomic E-state index is 9.72. The summed E-state index contributed by atoms with van der Waals surface area (Å²) in [6.07, 6.45) is -1.48. The molecule has 3 nitrogen and oxygen atoms in total. The number of aliphatic hydroxyl groups is 2. The lowest BCUT2D eigenvalue weighted by Gasteiger charge is -2.36. The van der Waals surface area contributed by atoms with Gasteiger partial charge in [0.15, 0.2) is 6.29 Å². The zero-order valence-electron chi connectivity index (χ0n) is 8.53. The molecule has 0 fully saturated rings. The average molecular weight is 176 g/mol. The largest absolute Gasteiger partial charge is 0.392 e. The van der Waals surface area contributed by atoms with E-state index in [0.29, 0.717) is 0 Å². The second-order valence-electron chi connectivity index (χ2n) is 4.10. The Morgan fingerprint density at radius 2 is 1.58 bits per heavy atom. The second kappa shape index (κ2) is 4.21. The van der Waals surface area contributed by atoms with Crippen LogP contribution in [-0.4, -0.2) is 29.7 Å². The Morgan fingerprint density at radius 3 is 1.83 bits per heavy atom. The van der Waals surface area contributed by atoms with Crippen molar-refractivity contribution in [3.63, 3.8) is 0 Å². The summed E-state index contributed by atoms with van der Waals surface area (Å²) in [5.74, 6) is 0.116. The average Bonchev–Trinajstić information content (AvgIpc) is 2.01. The van der Waals surface area contributed by atoms with Gasteiger partial charge in [0.1, 0.15) is 0 Å². The van der Waals surface area contributed by atoms with Crippen molar-refractivity contribution in [1.82, 2.24) is 0 Å². The summed E-state index contributed by atoms with van der Waals surface area (Å²) in [6, 6.07) is 0. The van der Waals surface area contributed by atoms with Crippen LogP contribution >= 0.6 is 0 Å². The van der Waals surface area contributed by atoms with Crippen LogP contribution in [0.5, 0.6) is 0 Å². The van der Waals surface area contributed by atoms with Crippen LogP contribution in [0.2, 0.25) is 0 Å². The van der Waals surface area contributed by atoms with Crippen molar-refractivity contribution in [3.8, 4) is 0 Å². The summed E-state index contributed by atoms with van der Waals surface area (Å²) in [4.78, 5) is 0. The highest BCUT2D eigenvalue weighted by molar-refractivity contribution is 4.82. The highest BCUT2D eigenvalue weighted by Gasteiger charge is 2.37. The first-order valence-corrected chi connectivity index (χ1v) is 4.23. The molecule has 0 aliphatic carbocycles. The van der Waals surface area contributed by atoms with E-state index in [4.69, 9.17) is 4.74 Å². The lowest BCUT2D eigenvalue weighted by molar-refractivity contribution is -0.187. The maximum absolute atomic E-state index is 9.72. The third-order valence-corrected chi connectivity index (χ3v) is 2.25. The van der Waals surface area contributed by atoms with Crippen LogP contribution in [0, 0.1) is 11.3 Å². The summed E-state index contributed by atoms with van der Waals surface area (Å²) in [5.41, 5.74) is -0.622. The zero-order chi connectivity index (χ0) is 9.94. The van der Waals surface area contributed by atoms with E-state index in [2.05, 4.69) is 0 Å². The maximum Gasteiger partial charge on any atom is 0.161 e. The van der Waals surface area contributed by atoms with Crippen LogP contribution in [0.25, 0.3) is 0 Å². The Kier molecular flexibility index (Phi) is 4.17. The molecule has 2 N–H and O–H groups in total. The van der Waals surface area contributed by atoms with Gasteiger partial charge in [-0.05, 0) is 5.92 Å². The van der Waals surface area contributed by atoms with E-state index >= 15 is 0 Å². The van der Waals surface area contributed by atoms with Crippen molar-refractivity contribution in [1.29, 1.82) is 0 Å². The quantitative estimate of drug-likeness (QED) is 0.628. The molecule has 0 aromatic carbocycles. The first-order valence-electron chi connectivity index (χ1n) is 4.23. The topological polar surface area (TPSA) is 49.7 Å². The van der Waals surface area contributed by atoms with E-state index in [1.807, 2.05) is 13.8 Å². The standard InChI is InChI=1S/C9H20O3/c1-6(2)7(10)9(3,4)8(11)12-5/h6-8,10-11H,1-5H3. The number of hydrogen-bond donors (Lipinski definition) is 2. The Morgan fingerprint density at radius 1 is 1.17 bits per heavy atom. The van der Waals surface area contributed by atoms with Crippen LogP contribution < -0.4 is 0 Å². The fourth-order valence-electron chi connectivity index (χ4n) is 1.31. The van der Waals surface area contributed by atoms with Crippen molar-refractivity contribution in [2.75, 3.05) is 7.11 Å². The molecule has 0 saturated carbocycles. The van der Waals surface area contributed by atoms with Gasteiger partial charge < -0.3 is 14.9 Å². The molecule has 12 heavy (non-hydrogen) atoms. The van der Waals surface area contributed by atoms with Gasteiger partial charge in [-0.2, -0.15) is 0 Å². The van der Waals surface area contributed by atoms with Gasteiger partial charge in [-0.25, -0.2) is 0 Å². The predicted molar refractivity (Wildman–Crippen MR) is 47.6 cm³/mol. The fraction of sp³-hybridized carbons (Fsp3) is 1.00. The van der Waals surface area contributed by atoms with E-state index in [1.165, 1.54) is 7.11 Å². The van der Waals surface area contributed by atoms with Crippen molar-refractivity contribution >= 4 is 0 Å². The number of hydrogen-bond acceptors (Lipinski definition) is 3. The van der Waals surface area contributed by atoms with Crippen LogP contribution in [0.4, 0.5) is 0 Å². The smallest absolute Gasteiger partial charge is 0.161 e. The van der Waals surface area contributed by atoms with Gasteiger partial charge in [0.25, 0.3) is 0 Å². The van der Waals surface area contributed by atoms with Crippen molar-refractivity contribution in [2.24, 2.45) is 11.3 Å². The minimum atomic E-state index is -0.921. The molecule has 0 spiro atoms. The molecule has 0 saturated heterocycles. The van der Waals surface area contributed by atoms with Gasteiger partial charge in [0.05, 0.1) is 6.10 Å². The minimum absolute atomic E-state index is 0.116. The first kappa shape index (κ1) is 11.9. The molecule has 0 aromatic heterocycles. The summed E-state index contributed by atoms with van der Waals surface area (Å²) < 4.78 is 4.78. The van der Waals surface area contributed by atoms with Crippen LogP contribution in [0.1, 0.15) is 27.7 Å². The number of aliphatic hydroxyl groups excluding tert-OH is 2. The van der Waals surface area contributed by atoms with Crippen LogP contribution in [0.15, 0.2) is 0 Å². The minimum Gasteiger partial charge on any atom is -0.392 e. The molecule has 0 bridgehead atoms. The van der Waals surface area contributed by atoms with Gasteiger partial charge in [-0.1, -0.05) is 27.7 Å². The molecule has 0 aliphatic heterocycles. The van der Waals surface area contributed by atoms with E-state index in [9.17, 15) is 10.2 Å². The number of ether oxygens (including phenoxy) is 1. The third-order valence-electron chi connectivity index (χ3n) is 2.25. The molecule has 0 amide bonds. The molecular weight excluding hydrogens is 156 g/mol. The van der Waals surface area contributed by atoms with E-state index in [0.717, 1.165) is 0 Å². The highest BCUT2D eigenvalue weighted by Crippen LogP contribution is 2.30. The van der Waals surface area contributed by atoms with Crippen LogP contribution in [-0.2, 0) is 4.74 Å². The Hall–Kier alpha value is -0.120. The van der Waals surface area contributed by atoms with Crippen molar-refractivity contribution in [2.45, 2.75) is 40.1 Å². The Labute approximate surface area is 74.4 Å². The van der Waals surface area contributed by atoms with Gasteiger partial charge in [0.2, 0.25) is 0 Å². The molecule has 2 unspecified atom stereocenters. The summed E-state index contributed by atoms with van der Waals surface area (Å²) in [5, 5.41) is 19.1. The van der Waals surface area contributed by atoms with Crippen molar-refractivity contribution < 1.29 is 14.9 Å². The number of rotatable bonds is 4. The zero-order valence-corrected chi connectivity index (χ0v) is 8.53. The molecule has 0 aromatic rings. The molecular formula is C9H20O3. The second-order valence-corrected chi connectivity index (χ2v) is 4.10. The molecule has 0 radical (unpaired) electrons. The molecule has 0 heterocycles. The molecule has 3 heteroatoms.